The van der Waals surface area contributed by atoms with Crippen LogP contribution in [0.1, 0.15) is 19.3 Å². The molecule has 2 aromatic rings. The summed E-state index contributed by atoms with van der Waals surface area (Å²) in [5, 5.41) is 11.0. The number of anilines is 1. The lowest BCUT2D eigenvalue weighted by molar-refractivity contribution is -0.136. The molecule has 1 aliphatic carbocycles. The molecule has 5 nitrogen and oxygen atoms in total. The number of aliphatic carboxylic acids is 1. The Morgan fingerprint density at radius 1 is 1.43 bits per heavy atom. The predicted molar refractivity (Wildman–Crippen MR) is 80.9 cm³/mol. The Balaban J connectivity index is 2.01. The van der Waals surface area contributed by atoms with Gasteiger partial charge in [0.05, 0.1) is 13.5 Å². The van der Waals surface area contributed by atoms with Gasteiger partial charge in [0.1, 0.15) is 11.6 Å². The van der Waals surface area contributed by atoms with Crippen LogP contribution in [0.2, 0.25) is 0 Å². The van der Waals surface area contributed by atoms with E-state index in [2.05, 4.69) is 9.88 Å². The van der Waals surface area contributed by atoms with Gasteiger partial charge in [0.2, 0.25) is 0 Å². The lowest BCUT2D eigenvalue weighted by Gasteiger charge is -2.24. The molecule has 0 saturated heterocycles. The van der Waals surface area contributed by atoms with E-state index in [1.807, 2.05) is 24.3 Å². The maximum absolute atomic E-state index is 10.9. The predicted octanol–water partition coefficient (Wildman–Crippen LogP) is 2.69. The molecule has 21 heavy (non-hydrogen) atoms. The Morgan fingerprint density at radius 2 is 2.24 bits per heavy atom. The molecule has 5 heteroatoms. The zero-order valence-electron chi connectivity index (χ0n) is 12.0. The van der Waals surface area contributed by atoms with Crippen molar-refractivity contribution in [3.63, 3.8) is 0 Å². The number of aromatic nitrogens is 1. The molecule has 0 aliphatic heterocycles. The van der Waals surface area contributed by atoms with Crippen molar-refractivity contribution in [1.82, 2.24) is 4.98 Å². The molecule has 1 aromatic carbocycles. The van der Waals surface area contributed by atoms with Gasteiger partial charge in [-0.05, 0) is 36.4 Å². The topological polar surface area (TPSA) is 62.7 Å². The molecule has 1 fully saturated rings. The van der Waals surface area contributed by atoms with Crippen molar-refractivity contribution in [2.75, 3.05) is 18.6 Å². The first-order chi connectivity index (χ1) is 10.2. The Hall–Kier alpha value is -2.30. The summed E-state index contributed by atoms with van der Waals surface area (Å²) in [5.41, 5.74) is 0. The molecule has 0 amide bonds. The van der Waals surface area contributed by atoms with Crippen molar-refractivity contribution in [3.8, 4) is 5.75 Å². The first kappa shape index (κ1) is 13.7. The average molecular weight is 286 g/mol. The van der Waals surface area contributed by atoms with Crippen LogP contribution in [0.4, 0.5) is 5.82 Å². The van der Waals surface area contributed by atoms with Crippen LogP contribution in [0.25, 0.3) is 10.8 Å². The first-order valence-corrected chi connectivity index (χ1v) is 7.10. The summed E-state index contributed by atoms with van der Waals surface area (Å²) in [4.78, 5) is 17.5. The highest BCUT2D eigenvalue weighted by Gasteiger charge is 2.31. The second kappa shape index (κ2) is 5.60. The van der Waals surface area contributed by atoms with Crippen molar-refractivity contribution in [2.24, 2.45) is 0 Å². The van der Waals surface area contributed by atoms with Crippen LogP contribution in [0, 0.1) is 0 Å². The zero-order chi connectivity index (χ0) is 14.8. The molecule has 1 N–H and O–H groups in total. The minimum atomic E-state index is -0.779. The Morgan fingerprint density at radius 3 is 2.90 bits per heavy atom. The standard InChI is InChI=1S/C16H18N2O3/c1-21-13-5-2-11-6-8-17-16(14(11)10-13)18(12-3-4-12)9-7-15(19)20/h2,5-6,8,10,12H,3-4,7,9H2,1H3,(H,19,20). The number of fused-ring (bicyclic) bond motifs is 1. The lowest BCUT2D eigenvalue weighted by Crippen LogP contribution is -2.29. The van der Waals surface area contributed by atoms with Crippen LogP contribution in [0.15, 0.2) is 30.5 Å². The zero-order valence-corrected chi connectivity index (χ0v) is 12.0. The van der Waals surface area contributed by atoms with E-state index in [9.17, 15) is 4.79 Å². The molecule has 0 spiro atoms. The number of pyridine rings is 1. The quantitative estimate of drug-likeness (QED) is 0.884. The van der Waals surface area contributed by atoms with Crippen LogP contribution in [0.5, 0.6) is 5.75 Å². The number of methoxy groups -OCH3 is 1. The van der Waals surface area contributed by atoms with Gasteiger partial charge < -0.3 is 14.7 Å². The van der Waals surface area contributed by atoms with Gasteiger partial charge in [0.15, 0.2) is 0 Å². The molecule has 0 bridgehead atoms. The van der Waals surface area contributed by atoms with E-state index in [0.717, 1.165) is 35.2 Å². The van der Waals surface area contributed by atoms with Gasteiger partial charge in [-0.1, -0.05) is 6.07 Å². The third-order valence-corrected chi connectivity index (χ3v) is 3.78. The maximum atomic E-state index is 10.9. The third kappa shape index (κ3) is 2.91. The van der Waals surface area contributed by atoms with Crippen LogP contribution < -0.4 is 9.64 Å². The number of benzene rings is 1. The summed E-state index contributed by atoms with van der Waals surface area (Å²) in [6.45, 7) is 0.489. The van der Waals surface area contributed by atoms with Crippen molar-refractivity contribution in [2.45, 2.75) is 25.3 Å². The summed E-state index contributed by atoms with van der Waals surface area (Å²) in [5.74, 6) is 0.861. The lowest BCUT2D eigenvalue weighted by atomic mass is 10.1. The van der Waals surface area contributed by atoms with Crippen LogP contribution in [0.3, 0.4) is 0 Å². The van der Waals surface area contributed by atoms with Crippen molar-refractivity contribution in [1.29, 1.82) is 0 Å². The molecule has 1 saturated carbocycles. The Labute approximate surface area is 123 Å². The number of carboxylic acid groups (broad SMARTS) is 1. The highest BCUT2D eigenvalue weighted by Crippen LogP contribution is 2.35. The van der Waals surface area contributed by atoms with E-state index < -0.39 is 5.97 Å². The van der Waals surface area contributed by atoms with Gasteiger partial charge in [0.25, 0.3) is 0 Å². The highest BCUT2D eigenvalue weighted by atomic mass is 16.5. The second-order valence-corrected chi connectivity index (χ2v) is 5.29. The number of nitrogens with zero attached hydrogens (tertiary/aromatic N) is 2. The summed E-state index contributed by atoms with van der Waals surface area (Å²) in [6, 6.07) is 8.26. The minimum absolute atomic E-state index is 0.124. The molecular formula is C16H18N2O3. The van der Waals surface area contributed by atoms with Crippen molar-refractivity contribution < 1.29 is 14.6 Å². The Kier molecular flexibility index (Phi) is 3.64. The minimum Gasteiger partial charge on any atom is -0.497 e. The largest absolute Gasteiger partial charge is 0.497 e. The highest BCUT2D eigenvalue weighted by molar-refractivity contribution is 5.93. The van der Waals surface area contributed by atoms with Crippen LogP contribution >= 0.6 is 0 Å². The average Bonchev–Trinajstić information content (AvgIpc) is 3.31. The molecule has 1 aromatic heterocycles. The van der Waals surface area contributed by atoms with E-state index >= 15 is 0 Å². The smallest absolute Gasteiger partial charge is 0.305 e. The van der Waals surface area contributed by atoms with Gasteiger partial charge in [-0.15, -0.1) is 0 Å². The summed E-state index contributed by atoms with van der Waals surface area (Å²) in [7, 11) is 1.64. The fourth-order valence-electron chi connectivity index (χ4n) is 2.55. The molecule has 0 radical (unpaired) electrons. The van der Waals surface area contributed by atoms with E-state index in [4.69, 9.17) is 9.84 Å². The van der Waals surface area contributed by atoms with Gasteiger partial charge in [0, 0.05) is 24.2 Å². The maximum Gasteiger partial charge on any atom is 0.305 e. The number of hydrogen-bond donors (Lipinski definition) is 1. The number of carbonyl (C=O) groups is 1. The van der Waals surface area contributed by atoms with E-state index in [-0.39, 0.29) is 6.42 Å². The number of carboxylic acids is 1. The fourth-order valence-corrected chi connectivity index (χ4v) is 2.55. The van der Waals surface area contributed by atoms with Gasteiger partial charge in [-0.2, -0.15) is 0 Å². The molecular weight excluding hydrogens is 268 g/mol. The monoisotopic (exact) mass is 286 g/mol. The van der Waals surface area contributed by atoms with Crippen LogP contribution in [-0.4, -0.2) is 35.8 Å². The second-order valence-electron chi connectivity index (χ2n) is 5.29. The van der Waals surface area contributed by atoms with Gasteiger partial charge in [-0.3, -0.25) is 4.79 Å². The molecule has 1 aliphatic rings. The van der Waals surface area contributed by atoms with Crippen molar-refractivity contribution in [3.05, 3.63) is 30.5 Å². The number of ether oxygens (including phenoxy) is 1. The number of hydrogen-bond acceptors (Lipinski definition) is 4. The van der Waals surface area contributed by atoms with E-state index in [1.54, 1.807) is 13.3 Å². The Bertz CT molecular complexity index is 668. The summed E-state index contributed by atoms with van der Waals surface area (Å²) >= 11 is 0. The van der Waals surface area contributed by atoms with E-state index in [0.29, 0.717) is 12.6 Å². The van der Waals surface area contributed by atoms with Gasteiger partial charge >= 0.3 is 5.97 Å². The van der Waals surface area contributed by atoms with E-state index in [1.165, 1.54) is 0 Å². The fraction of sp³-hybridized carbons (Fsp3) is 0.375. The van der Waals surface area contributed by atoms with Crippen molar-refractivity contribution >= 4 is 22.6 Å². The molecule has 1 heterocycles. The van der Waals surface area contributed by atoms with Crippen LogP contribution in [-0.2, 0) is 4.79 Å². The SMILES string of the molecule is COc1ccc2ccnc(N(CCC(=O)O)C3CC3)c2c1. The number of rotatable bonds is 6. The molecule has 0 unspecified atom stereocenters. The summed E-state index contributed by atoms with van der Waals surface area (Å²) < 4.78 is 5.29. The first-order valence-electron chi connectivity index (χ1n) is 7.10. The molecule has 0 atom stereocenters. The normalized spacial score (nSPS) is 14.1. The third-order valence-electron chi connectivity index (χ3n) is 3.78. The van der Waals surface area contributed by atoms with Gasteiger partial charge in [-0.25, -0.2) is 4.98 Å². The molecule has 3 rings (SSSR count). The molecule has 110 valence electrons. The summed E-state index contributed by atoms with van der Waals surface area (Å²) in [6.07, 6.45) is 4.10.